The normalized spacial score (nSPS) is 10.4. The largest absolute Gasteiger partial charge is 0.392 e. The number of nitrogens with one attached hydrogen (secondary N) is 1. The van der Waals surface area contributed by atoms with Gasteiger partial charge in [0.15, 0.2) is 11.6 Å². The second kappa shape index (κ2) is 5.60. The minimum Gasteiger partial charge on any atom is -0.392 e. The smallest absolute Gasteiger partial charge is 0.163 e. The van der Waals surface area contributed by atoms with Gasteiger partial charge in [0.05, 0.1) is 6.61 Å². The molecule has 2 aromatic carbocycles. The van der Waals surface area contributed by atoms with Crippen LogP contribution in [0.25, 0.3) is 0 Å². The number of benzene rings is 2. The van der Waals surface area contributed by atoms with Gasteiger partial charge in [0.25, 0.3) is 0 Å². The third kappa shape index (κ3) is 2.84. The molecule has 0 atom stereocenters. The van der Waals surface area contributed by atoms with Crippen molar-refractivity contribution < 1.29 is 13.9 Å². The molecule has 2 rings (SSSR count). The summed E-state index contributed by atoms with van der Waals surface area (Å²) in [4.78, 5) is 0. The van der Waals surface area contributed by atoms with E-state index < -0.39 is 11.6 Å². The van der Waals surface area contributed by atoms with Crippen molar-refractivity contribution in [2.45, 2.75) is 13.2 Å². The highest BCUT2D eigenvalue weighted by Crippen LogP contribution is 2.15. The van der Waals surface area contributed by atoms with E-state index in [1.54, 1.807) is 24.3 Å². The van der Waals surface area contributed by atoms with Crippen molar-refractivity contribution in [3.8, 4) is 0 Å². The molecule has 2 nitrogen and oxygen atoms in total. The predicted octanol–water partition coefficient (Wildman–Crippen LogP) is 3.07. The van der Waals surface area contributed by atoms with Crippen LogP contribution in [0.2, 0.25) is 0 Å². The lowest BCUT2D eigenvalue weighted by atomic mass is 10.2. The molecule has 94 valence electrons. The number of aliphatic hydroxyl groups is 1. The fraction of sp³-hybridized carbons (Fsp3) is 0.143. The summed E-state index contributed by atoms with van der Waals surface area (Å²) < 4.78 is 26.3. The second-order valence-electron chi connectivity index (χ2n) is 3.92. The summed E-state index contributed by atoms with van der Waals surface area (Å²) in [6.07, 6.45) is 0. The molecule has 2 aromatic rings. The molecule has 18 heavy (non-hydrogen) atoms. The SMILES string of the molecule is OCc1ccc(NCc2cccc(F)c2F)cc1. The van der Waals surface area contributed by atoms with Crippen molar-refractivity contribution >= 4 is 5.69 Å². The molecule has 4 heteroatoms. The van der Waals surface area contributed by atoms with E-state index in [-0.39, 0.29) is 18.7 Å². The van der Waals surface area contributed by atoms with Gasteiger partial charge in [-0.15, -0.1) is 0 Å². The van der Waals surface area contributed by atoms with Crippen LogP contribution < -0.4 is 5.32 Å². The Kier molecular flexibility index (Phi) is 3.89. The second-order valence-corrected chi connectivity index (χ2v) is 3.92. The molecule has 0 radical (unpaired) electrons. The summed E-state index contributed by atoms with van der Waals surface area (Å²) in [6.45, 7) is 0.195. The van der Waals surface area contributed by atoms with Crippen LogP contribution in [0, 0.1) is 11.6 Å². The number of rotatable bonds is 4. The van der Waals surface area contributed by atoms with Gasteiger partial charge < -0.3 is 10.4 Å². The van der Waals surface area contributed by atoms with Gasteiger partial charge in [-0.05, 0) is 23.8 Å². The standard InChI is InChI=1S/C14H13F2NO/c15-13-3-1-2-11(14(13)16)8-17-12-6-4-10(9-18)5-7-12/h1-7,17-18H,8-9H2. The van der Waals surface area contributed by atoms with E-state index in [1.165, 1.54) is 12.1 Å². The molecule has 0 aliphatic heterocycles. The number of aliphatic hydroxyl groups excluding tert-OH is 1. The fourth-order valence-corrected chi connectivity index (χ4v) is 1.61. The van der Waals surface area contributed by atoms with E-state index in [0.717, 1.165) is 17.3 Å². The summed E-state index contributed by atoms with van der Waals surface area (Å²) in [7, 11) is 0. The lowest BCUT2D eigenvalue weighted by Crippen LogP contribution is -2.03. The number of anilines is 1. The first-order chi connectivity index (χ1) is 8.70. The molecule has 0 bridgehead atoms. The van der Waals surface area contributed by atoms with Gasteiger partial charge in [-0.25, -0.2) is 8.78 Å². The lowest BCUT2D eigenvalue weighted by Gasteiger charge is -2.08. The van der Waals surface area contributed by atoms with Crippen molar-refractivity contribution in [3.05, 3.63) is 65.2 Å². The van der Waals surface area contributed by atoms with Crippen LogP contribution >= 0.6 is 0 Å². The summed E-state index contributed by atoms with van der Waals surface area (Å²) in [6, 6.07) is 11.2. The molecule has 2 N–H and O–H groups in total. The summed E-state index contributed by atoms with van der Waals surface area (Å²) >= 11 is 0. The molecule has 0 fully saturated rings. The van der Waals surface area contributed by atoms with Crippen LogP contribution in [0.4, 0.5) is 14.5 Å². The first-order valence-electron chi connectivity index (χ1n) is 5.57. The van der Waals surface area contributed by atoms with Crippen molar-refractivity contribution in [1.82, 2.24) is 0 Å². The summed E-state index contributed by atoms with van der Waals surface area (Å²) in [5.41, 5.74) is 1.87. The van der Waals surface area contributed by atoms with E-state index in [2.05, 4.69) is 5.32 Å². The molecule has 0 aliphatic carbocycles. The molecule has 0 aliphatic rings. The van der Waals surface area contributed by atoms with E-state index in [1.807, 2.05) is 0 Å². The van der Waals surface area contributed by atoms with Crippen LogP contribution in [0.3, 0.4) is 0 Å². The predicted molar refractivity (Wildman–Crippen MR) is 66.0 cm³/mol. The van der Waals surface area contributed by atoms with Crippen molar-refractivity contribution in [2.75, 3.05) is 5.32 Å². The first kappa shape index (κ1) is 12.5. The Labute approximate surface area is 104 Å². The fourth-order valence-electron chi connectivity index (χ4n) is 1.61. The van der Waals surface area contributed by atoms with E-state index in [0.29, 0.717) is 0 Å². The summed E-state index contributed by atoms with van der Waals surface area (Å²) in [5, 5.41) is 11.9. The minimum absolute atomic E-state index is 0.0151. The van der Waals surface area contributed by atoms with Gasteiger partial charge in [-0.3, -0.25) is 0 Å². The Morgan fingerprint density at radius 3 is 2.39 bits per heavy atom. The van der Waals surface area contributed by atoms with Crippen LogP contribution in [-0.4, -0.2) is 5.11 Å². The monoisotopic (exact) mass is 249 g/mol. The molecule has 0 unspecified atom stereocenters. The number of halogens is 2. The van der Waals surface area contributed by atoms with Crippen molar-refractivity contribution in [3.63, 3.8) is 0 Å². The van der Waals surface area contributed by atoms with Crippen molar-refractivity contribution in [1.29, 1.82) is 0 Å². The number of hydrogen-bond acceptors (Lipinski definition) is 2. The van der Waals surface area contributed by atoms with E-state index in [9.17, 15) is 8.78 Å². The van der Waals surface area contributed by atoms with Gasteiger partial charge in [-0.1, -0.05) is 24.3 Å². The maximum absolute atomic E-state index is 13.4. The zero-order valence-corrected chi connectivity index (χ0v) is 9.66. The molecule has 0 saturated heterocycles. The Morgan fingerprint density at radius 1 is 1.00 bits per heavy atom. The minimum atomic E-state index is -0.843. The lowest BCUT2D eigenvalue weighted by molar-refractivity contribution is 0.282. The molecule has 0 spiro atoms. The number of hydrogen-bond donors (Lipinski definition) is 2. The zero-order chi connectivity index (χ0) is 13.0. The molecular weight excluding hydrogens is 236 g/mol. The molecular formula is C14H13F2NO. The van der Waals surface area contributed by atoms with Gasteiger partial charge in [0.1, 0.15) is 0 Å². The maximum atomic E-state index is 13.4. The average molecular weight is 249 g/mol. The molecule has 0 amide bonds. The average Bonchev–Trinajstić information content (AvgIpc) is 2.41. The zero-order valence-electron chi connectivity index (χ0n) is 9.66. The highest BCUT2D eigenvalue weighted by molar-refractivity contribution is 5.45. The highest BCUT2D eigenvalue weighted by atomic mass is 19.2. The topological polar surface area (TPSA) is 32.3 Å². The van der Waals surface area contributed by atoms with Gasteiger partial charge in [0.2, 0.25) is 0 Å². The van der Waals surface area contributed by atoms with Crippen LogP contribution in [-0.2, 0) is 13.2 Å². The van der Waals surface area contributed by atoms with E-state index in [4.69, 9.17) is 5.11 Å². The van der Waals surface area contributed by atoms with Crippen LogP contribution in [0.1, 0.15) is 11.1 Å². The Morgan fingerprint density at radius 2 is 1.72 bits per heavy atom. The van der Waals surface area contributed by atoms with Gasteiger partial charge in [0, 0.05) is 17.8 Å². The quantitative estimate of drug-likeness (QED) is 0.872. The van der Waals surface area contributed by atoms with Gasteiger partial charge >= 0.3 is 0 Å². The third-order valence-electron chi connectivity index (χ3n) is 2.65. The summed E-state index contributed by atoms with van der Waals surface area (Å²) in [5.74, 6) is -1.66. The molecule has 0 aromatic heterocycles. The van der Waals surface area contributed by atoms with Crippen molar-refractivity contribution in [2.24, 2.45) is 0 Å². The third-order valence-corrected chi connectivity index (χ3v) is 2.65. The Hall–Kier alpha value is -1.94. The maximum Gasteiger partial charge on any atom is 0.163 e. The van der Waals surface area contributed by atoms with Gasteiger partial charge in [-0.2, -0.15) is 0 Å². The Balaban J connectivity index is 2.04. The molecule has 0 saturated carbocycles. The highest BCUT2D eigenvalue weighted by Gasteiger charge is 2.06. The Bertz CT molecular complexity index is 526. The van der Waals surface area contributed by atoms with E-state index >= 15 is 0 Å². The van der Waals surface area contributed by atoms with Crippen LogP contribution in [0.15, 0.2) is 42.5 Å². The first-order valence-corrected chi connectivity index (χ1v) is 5.57. The molecule has 0 heterocycles. The van der Waals surface area contributed by atoms with Crippen LogP contribution in [0.5, 0.6) is 0 Å².